The molecule has 0 atom stereocenters. The summed E-state index contributed by atoms with van der Waals surface area (Å²) in [5.74, 6) is -0.796. The van der Waals surface area contributed by atoms with Gasteiger partial charge < -0.3 is 9.52 Å². The van der Waals surface area contributed by atoms with Crippen molar-refractivity contribution in [2.75, 3.05) is 6.54 Å². The zero-order chi connectivity index (χ0) is 26.1. The lowest BCUT2D eigenvalue weighted by Gasteiger charge is -2.09. The molecule has 3 aromatic carbocycles. The van der Waals surface area contributed by atoms with E-state index in [1.807, 2.05) is 97.2 Å². The minimum atomic E-state index is -0.997. The zero-order valence-electron chi connectivity index (χ0n) is 20.2. The average molecular weight is 503 g/mol. The lowest BCUT2D eigenvalue weighted by atomic mass is 10.00. The molecule has 0 saturated heterocycles. The summed E-state index contributed by atoms with van der Waals surface area (Å²) < 4.78 is 7.88. The Hall–Kier alpha value is -5.24. The summed E-state index contributed by atoms with van der Waals surface area (Å²) in [6.45, 7) is -0.0262. The molecule has 5 aromatic rings. The number of furan rings is 1. The molecule has 1 aliphatic heterocycles. The molecule has 0 saturated carbocycles. The van der Waals surface area contributed by atoms with Crippen LogP contribution in [0.15, 0.2) is 112 Å². The molecule has 0 bridgehead atoms. The Bertz CT molecular complexity index is 1680. The molecule has 1 aliphatic rings. The van der Waals surface area contributed by atoms with Gasteiger partial charge in [-0.1, -0.05) is 66.7 Å². The second-order valence-corrected chi connectivity index (χ2v) is 8.81. The minimum Gasteiger partial charge on any atom is -0.481 e. The van der Waals surface area contributed by atoms with Crippen LogP contribution in [0.1, 0.15) is 17.5 Å². The maximum absolute atomic E-state index is 13.5. The van der Waals surface area contributed by atoms with Gasteiger partial charge in [-0.2, -0.15) is 10.2 Å². The first-order chi connectivity index (χ1) is 18.6. The van der Waals surface area contributed by atoms with Gasteiger partial charge in [0.2, 0.25) is 0 Å². The van der Waals surface area contributed by atoms with E-state index in [9.17, 15) is 9.59 Å². The molecule has 1 amide bonds. The van der Waals surface area contributed by atoms with E-state index in [1.54, 1.807) is 10.8 Å². The van der Waals surface area contributed by atoms with E-state index >= 15 is 0 Å². The van der Waals surface area contributed by atoms with E-state index in [4.69, 9.17) is 14.6 Å². The highest BCUT2D eigenvalue weighted by Crippen LogP contribution is 2.32. The molecule has 2 aromatic heterocycles. The number of nitrogens with zero attached hydrogens (tertiary/aromatic N) is 4. The van der Waals surface area contributed by atoms with Crippen LogP contribution >= 0.6 is 0 Å². The molecular formula is C30H22N4O4. The first-order valence-corrected chi connectivity index (χ1v) is 12.1. The Morgan fingerprint density at radius 2 is 1.66 bits per heavy atom. The first kappa shape index (κ1) is 23.2. The number of benzene rings is 3. The summed E-state index contributed by atoms with van der Waals surface area (Å²) in [6.07, 6.45) is 3.39. The van der Waals surface area contributed by atoms with Crippen molar-refractivity contribution >= 4 is 34.6 Å². The highest BCUT2D eigenvalue weighted by atomic mass is 16.4. The molecule has 0 fully saturated rings. The molecule has 38 heavy (non-hydrogen) atoms. The maximum atomic E-state index is 13.5. The topological polar surface area (TPSA) is 101 Å². The Balaban J connectivity index is 1.50. The van der Waals surface area contributed by atoms with Crippen LogP contribution in [0.4, 0.5) is 0 Å². The van der Waals surface area contributed by atoms with Gasteiger partial charge in [-0.15, -0.1) is 0 Å². The maximum Gasteiger partial charge on any atom is 0.305 e. The van der Waals surface area contributed by atoms with E-state index in [0.717, 1.165) is 22.2 Å². The summed E-state index contributed by atoms with van der Waals surface area (Å²) >= 11 is 0. The number of fused-ring (bicyclic) bond motifs is 1. The van der Waals surface area contributed by atoms with Crippen LogP contribution in [0.3, 0.4) is 0 Å². The Kier molecular flexibility index (Phi) is 5.89. The van der Waals surface area contributed by atoms with Crippen molar-refractivity contribution in [1.82, 2.24) is 14.8 Å². The van der Waals surface area contributed by atoms with E-state index in [0.29, 0.717) is 28.3 Å². The van der Waals surface area contributed by atoms with Gasteiger partial charge in [0.15, 0.2) is 5.76 Å². The van der Waals surface area contributed by atoms with Crippen molar-refractivity contribution in [3.63, 3.8) is 0 Å². The van der Waals surface area contributed by atoms with Crippen LogP contribution in [0.5, 0.6) is 0 Å². The predicted molar refractivity (Wildman–Crippen MR) is 144 cm³/mol. The van der Waals surface area contributed by atoms with Crippen LogP contribution < -0.4 is 0 Å². The number of rotatable bonds is 7. The van der Waals surface area contributed by atoms with Gasteiger partial charge in [0, 0.05) is 22.7 Å². The minimum absolute atomic E-state index is 0.0262. The third-order valence-electron chi connectivity index (χ3n) is 6.25. The quantitative estimate of drug-likeness (QED) is 0.301. The Morgan fingerprint density at radius 1 is 0.947 bits per heavy atom. The van der Waals surface area contributed by atoms with Crippen LogP contribution in [-0.2, 0) is 9.59 Å². The molecule has 0 aliphatic carbocycles. The predicted octanol–water partition coefficient (Wildman–Crippen LogP) is 5.39. The van der Waals surface area contributed by atoms with Gasteiger partial charge in [-0.3, -0.25) is 9.59 Å². The summed E-state index contributed by atoms with van der Waals surface area (Å²) in [5, 5.41) is 20.6. The fourth-order valence-corrected chi connectivity index (χ4v) is 4.40. The van der Waals surface area contributed by atoms with Crippen molar-refractivity contribution in [3.8, 4) is 17.1 Å². The number of aromatic nitrogens is 2. The van der Waals surface area contributed by atoms with Crippen LogP contribution in [0.25, 0.3) is 34.2 Å². The van der Waals surface area contributed by atoms with Crippen molar-refractivity contribution < 1.29 is 19.1 Å². The lowest BCUT2D eigenvalue weighted by Crippen LogP contribution is -2.24. The van der Waals surface area contributed by atoms with Crippen molar-refractivity contribution in [2.45, 2.75) is 6.42 Å². The van der Waals surface area contributed by atoms with Crippen LogP contribution in [0.2, 0.25) is 0 Å². The molecule has 6 rings (SSSR count). The molecule has 8 nitrogen and oxygen atoms in total. The van der Waals surface area contributed by atoms with Crippen LogP contribution in [0, 0.1) is 0 Å². The van der Waals surface area contributed by atoms with Crippen molar-refractivity contribution in [3.05, 3.63) is 114 Å². The summed E-state index contributed by atoms with van der Waals surface area (Å²) in [7, 11) is 0. The number of hydrogen-bond donors (Lipinski definition) is 1. The van der Waals surface area contributed by atoms with E-state index in [2.05, 4.69) is 5.10 Å². The van der Waals surface area contributed by atoms with Gasteiger partial charge in [0.05, 0.1) is 24.2 Å². The molecule has 186 valence electrons. The highest BCUT2D eigenvalue weighted by molar-refractivity contribution is 6.33. The monoisotopic (exact) mass is 502 g/mol. The lowest BCUT2D eigenvalue weighted by molar-refractivity contribution is -0.137. The summed E-state index contributed by atoms with van der Waals surface area (Å²) in [4.78, 5) is 24.6. The molecule has 8 heteroatoms. The average Bonchev–Trinajstić information content (AvgIpc) is 3.64. The fourth-order valence-electron chi connectivity index (χ4n) is 4.40. The van der Waals surface area contributed by atoms with Crippen LogP contribution in [-0.4, -0.2) is 44.0 Å². The smallest absolute Gasteiger partial charge is 0.305 e. The Labute approximate surface area is 217 Å². The number of amides is 1. The second-order valence-electron chi connectivity index (χ2n) is 8.81. The van der Waals surface area contributed by atoms with E-state index < -0.39 is 5.97 Å². The number of hydrogen-bond acceptors (Lipinski definition) is 5. The van der Waals surface area contributed by atoms with Crippen molar-refractivity contribution in [2.24, 2.45) is 5.10 Å². The van der Waals surface area contributed by atoms with Gasteiger partial charge in [-0.05, 0) is 30.3 Å². The third kappa shape index (κ3) is 4.39. The normalized spacial score (nSPS) is 14.4. The largest absolute Gasteiger partial charge is 0.481 e. The van der Waals surface area contributed by atoms with Gasteiger partial charge in [0.25, 0.3) is 5.91 Å². The Morgan fingerprint density at radius 3 is 2.39 bits per heavy atom. The highest BCUT2D eigenvalue weighted by Gasteiger charge is 2.32. The van der Waals surface area contributed by atoms with Crippen molar-refractivity contribution in [1.29, 1.82) is 0 Å². The summed E-state index contributed by atoms with van der Waals surface area (Å²) in [6, 6.07) is 28.7. The molecule has 0 spiro atoms. The number of carboxylic acid groups (broad SMARTS) is 1. The zero-order valence-corrected chi connectivity index (χ0v) is 20.2. The van der Waals surface area contributed by atoms with E-state index in [-0.39, 0.29) is 18.9 Å². The fraction of sp³-hybridized carbons (Fsp3) is 0.0667. The van der Waals surface area contributed by atoms with Gasteiger partial charge >= 0.3 is 5.97 Å². The number of aliphatic carboxylic acids is 1. The molecule has 3 heterocycles. The second kappa shape index (κ2) is 9.67. The number of carbonyl (C=O) groups is 2. The van der Waals surface area contributed by atoms with Gasteiger partial charge in [-0.25, -0.2) is 9.69 Å². The number of hydrazone groups is 1. The molecule has 1 N–H and O–H groups in total. The molecule has 0 radical (unpaired) electrons. The van der Waals surface area contributed by atoms with E-state index in [1.165, 1.54) is 5.01 Å². The molecule has 0 unspecified atom stereocenters. The number of carbonyl (C=O) groups excluding carboxylic acids is 1. The summed E-state index contributed by atoms with van der Waals surface area (Å²) in [5.41, 5.74) is 4.41. The van der Waals surface area contributed by atoms with Gasteiger partial charge in [0.1, 0.15) is 17.0 Å². The standard InChI is InChI=1S/C30H22N4O4/c35-27(36)15-16-33-30(37)24(28(31-33)20-9-3-1-4-10-20)17-22-19-34(23-12-5-2-6-13-23)32-29(22)26-18-21-11-7-8-14-25(21)38-26/h1-14,17-19H,15-16H2,(H,35,36). The number of carboxylic acids is 1. The third-order valence-corrected chi connectivity index (χ3v) is 6.25. The number of para-hydroxylation sites is 2. The molecular weight excluding hydrogens is 480 g/mol. The first-order valence-electron chi connectivity index (χ1n) is 12.1. The SMILES string of the molecule is O=C(O)CCN1N=C(c2ccccc2)C(=Cc2cn(-c3ccccc3)nc2-c2cc3ccccc3o2)C1=O.